The van der Waals surface area contributed by atoms with Gasteiger partial charge < -0.3 is 15.3 Å². The van der Waals surface area contributed by atoms with Gasteiger partial charge in [-0.2, -0.15) is 0 Å². The van der Waals surface area contributed by atoms with Crippen LogP contribution in [0.15, 0.2) is 0 Å². The van der Waals surface area contributed by atoms with Crippen molar-refractivity contribution in [1.82, 2.24) is 10.2 Å². The quantitative estimate of drug-likeness (QED) is 0.821. The lowest BCUT2D eigenvalue weighted by molar-refractivity contribution is -0.150. The predicted octanol–water partition coefficient (Wildman–Crippen LogP) is 1.93. The first-order valence-corrected chi connectivity index (χ1v) is 6.98. The summed E-state index contributed by atoms with van der Waals surface area (Å²) in [4.78, 5) is 25.3. The lowest BCUT2D eigenvalue weighted by Crippen LogP contribution is -2.44. The molecule has 0 aromatic carbocycles. The van der Waals surface area contributed by atoms with Gasteiger partial charge in [0.1, 0.15) is 0 Å². The van der Waals surface area contributed by atoms with Crippen molar-refractivity contribution in [2.45, 2.75) is 46.6 Å². The number of hydrogen-bond acceptors (Lipinski definition) is 2. The molecule has 0 aromatic rings. The molecule has 0 aromatic heterocycles. The summed E-state index contributed by atoms with van der Waals surface area (Å²) in [5.41, 5.74) is -0.590. The molecule has 108 valence electrons. The Bertz CT molecular complexity index is 405. The molecule has 5 heteroatoms. The summed E-state index contributed by atoms with van der Waals surface area (Å²) in [6.07, 6.45) is 1.54. The van der Waals surface area contributed by atoms with E-state index in [1.54, 1.807) is 4.90 Å². The summed E-state index contributed by atoms with van der Waals surface area (Å²) in [5, 5.41) is 12.4. The van der Waals surface area contributed by atoms with Gasteiger partial charge in [0, 0.05) is 19.1 Å². The lowest BCUT2D eigenvalue weighted by Gasteiger charge is -2.28. The molecule has 19 heavy (non-hydrogen) atoms. The first-order valence-electron chi connectivity index (χ1n) is 6.98. The third kappa shape index (κ3) is 2.42. The molecule has 2 amide bonds. The zero-order chi connectivity index (χ0) is 14.4. The highest BCUT2D eigenvalue weighted by Gasteiger charge is 2.51. The Morgan fingerprint density at radius 2 is 1.95 bits per heavy atom. The van der Waals surface area contributed by atoms with Gasteiger partial charge in [0.25, 0.3) is 0 Å². The van der Waals surface area contributed by atoms with Crippen LogP contribution in [0.1, 0.15) is 40.5 Å². The van der Waals surface area contributed by atoms with E-state index in [4.69, 9.17) is 0 Å². The SMILES string of the molecule is CC(C)C1(C(=O)O)CCN(C(=O)NC2CC2(C)C)C1. The fourth-order valence-corrected chi connectivity index (χ4v) is 2.85. The van der Waals surface area contributed by atoms with Crippen molar-refractivity contribution in [2.24, 2.45) is 16.7 Å². The number of nitrogens with zero attached hydrogens (tertiary/aromatic N) is 1. The van der Waals surface area contributed by atoms with Gasteiger partial charge in [-0.05, 0) is 24.2 Å². The van der Waals surface area contributed by atoms with Gasteiger partial charge >= 0.3 is 12.0 Å². The molecule has 1 aliphatic heterocycles. The molecular weight excluding hydrogens is 244 g/mol. The second kappa shape index (κ2) is 4.39. The molecule has 2 atom stereocenters. The molecule has 2 fully saturated rings. The maximum Gasteiger partial charge on any atom is 0.317 e. The second-order valence-electron chi connectivity index (χ2n) is 6.98. The molecule has 2 unspecified atom stereocenters. The Kier molecular flexibility index (Phi) is 3.27. The Labute approximate surface area is 114 Å². The number of carboxylic acids is 1. The van der Waals surface area contributed by atoms with Gasteiger partial charge in [-0.25, -0.2) is 4.79 Å². The maximum atomic E-state index is 12.1. The highest BCUT2D eigenvalue weighted by Crippen LogP contribution is 2.45. The Hall–Kier alpha value is -1.26. The topological polar surface area (TPSA) is 69.6 Å². The van der Waals surface area contributed by atoms with Crippen LogP contribution in [0, 0.1) is 16.7 Å². The molecule has 1 saturated heterocycles. The number of hydrogen-bond donors (Lipinski definition) is 2. The zero-order valence-electron chi connectivity index (χ0n) is 12.2. The second-order valence-corrected chi connectivity index (χ2v) is 6.98. The molecule has 0 radical (unpaired) electrons. The molecule has 1 heterocycles. The van der Waals surface area contributed by atoms with Gasteiger partial charge in [-0.15, -0.1) is 0 Å². The van der Waals surface area contributed by atoms with Crippen LogP contribution >= 0.6 is 0 Å². The van der Waals surface area contributed by atoms with Crippen molar-refractivity contribution in [3.8, 4) is 0 Å². The van der Waals surface area contributed by atoms with Crippen LogP contribution in [0.2, 0.25) is 0 Å². The van der Waals surface area contributed by atoms with E-state index in [-0.39, 0.29) is 23.4 Å². The summed E-state index contributed by atoms with van der Waals surface area (Å²) in [6.45, 7) is 8.93. The van der Waals surface area contributed by atoms with Crippen LogP contribution in [-0.4, -0.2) is 41.1 Å². The fraction of sp³-hybridized carbons (Fsp3) is 0.857. The van der Waals surface area contributed by atoms with Crippen LogP contribution in [-0.2, 0) is 4.79 Å². The third-order valence-electron chi connectivity index (χ3n) is 4.93. The van der Waals surface area contributed by atoms with E-state index in [0.717, 1.165) is 6.42 Å². The number of urea groups is 1. The molecule has 1 saturated carbocycles. The number of rotatable bonds is 3. The van der Waals surface area contributed by atoms with Gasteiger partial charge in [-0.1, -0.05) is 27.7 Å². The summed E-state index contributed by atoms with van der Waals surface area (Å²) >= 11 is 0. The van der Waals surface area contributed by atoms with E-state index in [0.29, 0.717) is 19.5 Å². The van der Waals surface area contributed by atoms with E-state index in [9.17, 15) is 14.7 Å². The molecule has 0 bridgehead atoms. The highest BCUT2D eigenvalue weighted by molar-refractivity contribution is 5.80. The van der Waals surface area contributed by atoms with Crippen molar-refractivity contribution >= 4 is 12.0 Å². The lowest BCUT2D eigenvalue weighted by atomic mass is 9.76. The molecular formula is C14H24N2O3. The molecule has 2 aliphatic rings. The Morgan fingerprint density at radius 1 is 1.37 bits per heavy atom. The van der Waals surface area contributed by atoms with Gasteiger partial charge in [0.05, 0.1) is 5.41 Å². The molecule has 1 aliphatic carbocycles. The summed E-state index contributed by atoms with van der Waals surface area (Å²) in [6, 6.07) is 0.123. The van der Waals surface area contributed by atoms with Crippen molar-refractivity contribution < 1.29 is 14.7 Å². The van der Waals surface area contributed by atoms with E-state index in [1.165, 1.54) is 0 Å². The smallest absolute Gasteiger partial charge is 0.317 e. The predicted molar refractivity (Wildman–Crippen MR) is 71.8 cm³/mol. The standard InChI is InChI=1S/C14H24N2O3/c1-9(2)14(11(17)18)5-6-16(8-14)12(19)15-10-7-13(10,3)4/h9-10H,5-8H2,1-4H3,(H,15,19)(H,17,18). The van der Waals surface area contributed by atoms with E-state index in [2.05, 4.69) is 19.2 Å². The minimum atomic E-state index is -0.787. The number of carbonyl (C=O) groups excluding carboxylic acids is 1. The number of carbonyl (C=O) groups is 2. The Balaban J connectivity index is 1.97. The first kappa shape index (κ1) is 14.2. The third-order valence-corrected chi connectivity index (χ3v) is 4.93. The zero-order valence-corrected chi connectivity index (χ0v) is 12.2. The van der Waals surface area contributed by atoms with Gasteiger partial charge in [-0.3, -0.25) is 4.79 Å². The van der Waals surface area contributed by atoms with Gasteiger partial charge in [0.2, 0.25) is 0 Å². The van der Waals surface area contributed by atoms with Crippen molar-refractivity contribution in [3.63, 3.8) is 0 Å². The van der Waals surface area contributed by atoms with Crippen LogP contribution in [0.3, 0.4) is 0 Å². The van der Waals surface area contributed by atoms with Crippen LogP contribution < -0.4 is 5.32 Å². The van der Waals surface area contributed by atoms with E-state index in [1.807, 2.05) is 13.8 Å². The minimum Gasteiger partial charge on any atom is -0.481 e. The minimum absolute atomic E-state index is 0.0279. The molecule has 0 spiro atoms. The highest BCUT2D eigenvalue weighted by atomic mass is 16.4. The normalized spacial score (nSPS) is 32.5. The molecule has 5 nitrogen and oxygen atoms in total. The van der Waals surface area contributed by atoms with Crippen LogP contribution in [0.25, 0.3) is 0 Å². The fourth-order valence-electron chi connectivity index (χ4n) is 2.85. The average Bonchev–Trinajstić information content (AvgIpc) is 2.77. The molecule has 2 rings (SSSR count). The summed E-state index contributed by atoms with van der Waals surface area (Å²) in [7, 11) is 0. The van der Waals surface area contributed by atoms with Crippen molar-refractivity contribution in [1.29, 1.82) is 0 Å². The molecule has 2 N–H and O–H groups in total. The average molecular weight is 268 g/mol. The van der Waals surface area contributed by atoms with Crippen molar-refractivity contribution in [2.75, 3.05) is 13.1 Å². The van der Waals surface area contributed by atoms with Crippen LogP contribution in [0.5, 0.6) is 0 Å². The number of nitrogens with one attached hydrogen (secondary N) is 1. The summed E-state index contributed by atoms with van der Waals surface area (Å²) < 4.78 is 0. The number of aliphatic carboxylic acids is 1. The number of likely N-dealkylation sites (tertiary alicyclic amines) is 1. The largest absolute Gasteiger partial charge is 0.481 e. The van der Waals surface area contributed by atoms with Gasteiger partial charge in [0.15, 0.2) is 0 Å². The number of amides is 2. The summed E-state index contributed by atoms with van der Waals surface area (Å²) in [5.74, 6) is -0.760. The maximum absolute atomic E-state index is 12.1. The first-order chi connectivity index (χ1) is 8.69. The number of carboxylic acid groups (broad SMARTS) is 1. The van der Waals surface area contributed by atoms with Crippen molar-refractivity contribution in [3.05, 3.63) is 0 Å². The Morgan fingerprint density at radius 3 is 2.32 bits per heavy atom. The monoisotopic (exact) mass is 268 g/mol. The van der Waals surface area contributed by atoms with E-state index < -0.39 is 11.4 Å². The van der Waals surface area contributed by atoms with E-state index >= 15 is 0 Å². The van der Waals surface area contributed by atoms with Crippen LogP contribution in [0.4, 0.5) is 4.79 Å².